The maximum atomic E-state index is 12.7. The monoisotopic (exact) mass is 549 g/mol. The van der Waals surface area contributed by atoms with Crippen molar-refractivity contribution in [2.24, 2.45) is 11.8 Å². The molecule has 0 saturated heterocycles. The number of nitrogens with one attached hydrogen (secondary N) is 1. The molecular weight excluding hydrogens is 502 g/mol. The zero-order valence-corrected chi connectivity index (χ0v) is 24.7. The molecule has 0 fully saturated rings. The summed E-state index contributed by atoms with van der Waals surface area (Å²) in [6, 6.07) is 4.15. The van der Waals surface area contributed by atoms with E-state index in [1.807, 2.05) is 20.8 Å². The van der Waals surface area contributed by atoms with E-state index in [-0.39, 0.29) is 42.3 Å². The molecule has 0 bridgehead atoms. The van der Waals surface area contributed by atoms with Crippen molar-refractivity contribution in [1.29, 1.82) is 0 Å². The Labute approximate surface area is 233 Å². The molecular formula is C30H47NO8. The van der Waals surface area contributed by atoms with Crippen LogP contribution in [0, 0.1) is 11.8 Å². The summed E-state index contributed by atoms with van der Waals surface area (Å²) in [5.74, 6) is -1.94. The fourth-order valence-corrected chi connectivity index (χ4v) is 3.93. The summed E-state index contributed by atoms with van der Waals surface area (Å²) < 4.78 is 21.6. The van der Waals surface area contributed by atoms with Crippen LogP contribution < -0.4 is 14.8 Å². The first-order chi connectivity index (χ1) is 18.6. The summed E-state index contributed by atoms with van der Waals surface area (Å²) in [6.45, 7) is 11.6. The molecule has 1 N–H and O–H groups in total. The summed E-state index contributed by atoms with van der Waals surface area (Å²) in [5, 5.41) is 3.11. The summed E-state index contributed by atoms with van der Waals surface area (Å²) in [4.78, 5) is 49.7. The lowest BCUT2D eigenvalue weighted by atomic mass is 10.0. The second-order valence-electron chi connectivity index (χ2n) is 10.1. The van der Waals surface area contributed by atoms with Crippen LogP contribution in [0.15, 0.2) is 18.2 Å². The molecule has 1 aromatic carbocycles. The summed E-state index contributed by atoms with van der Waals surface area (Å²) in [7, 11) is 1.30. The minimum atomic E-state index is -0.743. The molecule has 220 valence electrons. The van der Waals surface area contributed by atoms with Gasteiger partial charge in [0.25, 0.3) is 0 Å². The topological polar surface area (TPSA) is 117 Å². The van der Waals surface area contributed by atoms with Crippen LogP contribution in [0.3, 0.4) is 0 Å². The normalized spacial score (nSPS) is 14.0. The number of carbonyl (C=O) groups excluding carboxylic acids is 4. The lowest BCUT2D eigenvalue weighted by molar-refractivity contribution is -0.148. The molecule has 9 nitrogen and oxygen atoms in total. The number of carbonyl (C=O) groups is 4. The minimum Gasteiger partial charge on any atom is -0.468 e. The van der Waals surface area contributed by atoms with Gasteiger partial charge in [-0.2, -0.15) is 0 Å². The highest BCUT2D eigenvalue weighted by molar-refractivity contribution is 5.79. The van der Waals surface area contributed by atoms with Gasteiger partial charge in [0.15, 0.2) is 11.5 Å². The van der Waals surface area contributed by atoms with E-state index in [0.29, 0.717) is 24.8 Å². The third kappa shape index (κ3) is 12.6. The van der Waals surface area contributed by atoms with Crippen molar-refractivity contribution in [2.45, 2.75) is 105 Å². The molecule has 0 amide bonds. The van der Waals surface area contributed by atoms with Crippen molar-refractivity contribution in [3.8, 4) is 11.5 Å². The molecule has 0 aliphatic carbocycles. The number of rotatable bonds is 18. The van der Waals surface area contributed by atoms with E-state index in [1.54, 1.807) is 39.0 Å². The lowest BCUT2D eigenvalue weighted by Gasteiger charge is -2.21. The number of ether oxygens (including phenoxy) is 4. The fraction of sp³-hybridized carbons (Fsp3) is 0.667. The van der Waals surface area contributed by atoms with Gasteiger partial charge in [-0.25, -0.2) is 0 Å². The van der Waals surface area contributed by atoms with Crippen LogP contribution in [0.4, 0.5) is 0 Å². The summed E-state index contributed by atoms with van der Waals surface area (Å²) in [5.41, 5.74) is 0.665. The molecule has 0 saturated carbocycles. The van der Waals surface area contributed by atoms with Crippen LogP contribution in [0.2, 0.25) is 0 Å². The van der Waals surface area contributed by atoms with Gasteiger partial charge in [-0.3, -0.25) is 19.2 Å². The Morgan fingerprint density at radius 1 is 0.821 bits per heavy atom. The van der Waals surface area contributed by atoms with Crippen molar-refractivity contribution in [2.75, 3.05) is 13.7 Å². The van der Waals surface area contributed by atoms with Gasteiger partial charge in [0, 0.05) is 13.0 Å². The number of hydrogen-bond acceptors (Lipinski definition) is 9. The maximum Gasteiger partial charge on any atom is 0.323 e. The van der Waals surface area contributed by atoms with Crippen molar-refractivity contribution < 1.29 is 38.1 Å². The second kappa shape index (κ2) is 18.4. The van der Waals surface area contributed by atoms with Gasteiger partial charge in [0.1, 0.15) is 12.1 Å². The van der Waals surface area contributed by atoms with E-state index < -0.39 is 30.1 Å². The van der Waals surface area contributed by atoms with Crippen LogP contribution >= 0.6 is 0 Å². The van der Waals surface area contributed by atoms with Gasteiger partial charge in [0.05, 0.1) is 18.9 Å². The Bertz CT molecular complexity index is 932. The standard InChI is InChI=1S/C30H47NO8/c1-8-11-14-27(32)37-22(6)19-31-24(30(35)36-7)17-23-15-16-25(38-28(33)20(4)12-9-2)26(18-23)39-29(34)21(5)13-10-3/h15-16,18,20-22,24,31H,8-14,17,19H2,1-7H3/t20?,21?,22?,24-/m0/s1. The molecule has 0 spiro atoms. The number of benzene rings is 1. The predicted octanol–water partition coefficient (Wildman–Crippen LogP) is 5.17. The molecule has 9 heteroatoms. The maximum absolute atomic E-state index is 12.7. The van der Waals surface area contributed by atoms with Gasteiger partial charge in [0.2, 0.25) is 0 Å². The molecule has 0 aromatic heterocycles. The average molecular weight is 550 g/mol. The first-order valence-corrected chi connectivity index (χ1v) is 14.1. The third-order valence-corrected chi connectivity index (χ3v) is 6.32. The molecule has 0 heterocycles. The largest absolute Gasteiger partial charge is 0.468 e. The highest BCUT2D eigenvalue weighted by Crippen LogP contribution is 2.31. The third-order valence-electron chi connectivity index (χ3n) is 6.32. The first kappa shape index (κ1) is 34.1. The van der Waals surface area contributed by atoms with E-state index in [1.165, 1.54) is 7.11 Å². The Hall–Kier alpha value is -2.94. The molecule has 1 rings (SSSR count). The van der Waals surface area contributed by atoms with E-state index in [2.05, 4.69) is 5.32 Å². The van der Waals surface area contributed by atoms with E-state index in [4.69, 9.17) is 18.9 Å². The van der Waals surface area contributed by atoms with Crippen molar-refractivity contribution in [1.82, 2.24) is 5.32 Å². The highest BCUT2D eigenvalue weighted by atomic mass is 16.6. The Balaban J connectivity index is 3.10. The fourth-order valence-electron chi connectivity index (χ4n) is 3.93. The quantitative estimate of drug-likeness (QED) is 0.196. The van der Waals surface area contributed by atoms with Gasteiger partial charge < -0.3 is 24.3 Å². The predicted molar refractivity (Wildman–Crippen MR) is 148 cm³/mol. The van der Waals surface area contributed by atoms with Crippen LogP contribution in [0.25, 0.3) is 0 Å². The number of unbranched alkanes of at least 4 members (excludes halogenated alkanes) is 1. The first-order valence-electron chi connectivity index (χ1n) is 14.1. The number of esters is 4. The van der Waals surface area contributed by atoms with Crippen LogP contribution in [0.1, 0.15) is 92.1 Å². The Morgan fingerprint density at radius 2 is 1.41 bits per heavy atom. The molecule has 39 heavy (non-hydrogen) atoms. The zero-order valence-electron chi connectivity index (χ0n) is 24.7. The van der Waals surface area contributed by atoms with Crippen molar-refractivity contribution in [3.05, 3.63) is 23.8 Å². The molecule has 3 unspecified atom stereocenters. The molecule has 4 atom stereocenters. The van der Waals surface area contributed by atoms with Gasteiger partial charge in [-0.05, 0) is 50.3 Å². The van der Waals surface area contributed by atoms with Crippen molar-refractivity contribution in [3.63, 3.8) is 0 Å². The van der Waals surface area contributed by atoms with Gasteiger partial charge in [-0.15, -0.1) is 0 Å². The van der Waals surface area contributed by atoms with Crippen molar-refractivity contribution >= 4 is 23.9 Å². The lowest BCUT2D eigenvalue weighted by Crippen LogP contribution is -2.43. The van der Waals surface area contributed by atoms with Crippen LogP contribution in [-0.4, -0.2) is 49.7 Å². The highest BCUT2D eigenvalue weighted by Gasteiger charge is 2.24. The van der Waals surface area contributed by atoms with Crippen LogP contribution in [-0.2, 0) is 35.1 Å². The summed E-state index contributed by atoms with van der Waals surface area (Å²) in [6.07, 6.45) is 4.79. The number of hydrogen-bond donors (Lipinski definition) is 1. The average Bonchev–Trinajstić information content (AvgIpc) is 2.90. The van der Waals surface area contributed by atoms with E-state index in [0.717, 1.165) is 25.7 Å². The van der Waals surface area contributed by atoms with E-state index >= 15 is 0 Å². The van der Waals surface area contributed by atoms with Gasteiger partial charge >= 0.3 is 23.9 Å². The second-order valence-corrected chi connectivity index (χ2v) is 10.1. The summed E-state index contributed by atoms with van der Waals surface area (Å²) >= 11 is 0. The molecule has 0 radical (unpaired) electrons. The minimum absolute atomic E-state index is 0.124. The SMILES string of the molecule is CCCCC(=O)OC(C)CN[C@@H](Cc1ccc(OC(=O)C(C)CCC)c(OC(=O)C(C)CCC)c1)C(=O)OC. The van der Waals surface area contributed by atoms with Gasteiger partial charge in [-0.1, -0.05) is 59.9 Å². The molecule has 1 aromatic rings. The zero-order chi connectivity index (χ0) is 29.4. The smallest absolute Gasteiger partial charge is 0.323 e. The Kier molecular flexibility index (Phi) is 16.1. The number of methoxy groups -OCH3 is 1. The van der Waals surface area contributed by atoms with E-state index in [9.17, 15) is 19.2 Å². The van der Waals surface area contributed by atoms with Crippen LogP contribution in [0.5, 0.6) is 11.5 Å². The Morgan fingerprint density at radius 3 is 1.95 bits per heavy atom. The molecule has 0 aliphatic heterocycles. The molecule has 0 aliphatic rings.